The van der Waals surface area contributed by atoms with Crippen molar-refractivity contribution in [3.63, 3.8) is 0 Å². The van der Waals surface area contributed by atoms with Crippen LogP contribution in [-0.4, -0.2) is 5.91 Å². The third-order valence-electron chi connectivity index (χ3n) is 3.57. The summed E-state index contributed by atoms with van der Waals surface area (Å²) in [6.45, 7) is 2.72. The minimum Gasteiger partial charge on any atom is -0.397 e. The number of fused-ring (bicyclic) bond motifs is 1. The van der Waals surface area contributed by atoms with Crippen molar-refractivity contribution in [2.75, 3.05) is 16.4 Å². The summed E-state index contributed by atoms with van der Waals surface area (Å²) in [5.41, 5.74) is 12.0. The zero-order valence-electron chi connectivity index (χ0n) is 11.4. The van der Waals surface area contributed by atoms with Gasteiger partial charge in [-0.1, -0.05) is 24.3 Å². The molecule has 0 aliphatic carbocycles. The van der Waals surface area contributed by atoms with Crippen LogP contribution in [0.25, 0.3) is 0 Å². The molecule has 0 fully saturated rings. The third-order valence-corrected chi connectivity index (χ3v) is 3.57. The summed E-state index contributed by atoms with van der Waals surface area (Å²) in [4.78, 5) is 11.3. The Labute approximate surface area is 118 Å². The largest absolute Gasteiger partial charge is 0.397 e. The van der Waals surface area contributed by atoms with Crippen molar-refractivity contribution in [3.05, 3.63) is 53.1 Å². The number of carbonyl (C=O) groups excluding carboxylic acids is 1. The molecule has 0 aromatic heterocycles. The quantitative estimate of drug-likeness (QED) is 0.749. The predicted octanol–water partition coefficient (Wildman–Crippen LogP) is 2.68. The molecule has 102 valence electrons. The van der Waals surface area contributed by atoms with Gasteiger partial charge in [0.15, 0.2) is 0 Å². The van der Waals surface area contributed by atoms with Gasteiger partial charge in [0.25, 0.3) is 0 Å². The van der Waals surface area contributed by atoms with E-state index in [1.54, 1.807) is 0 Å². The van der Waals surface area contributed by atoms with Crippen molar-refractivity contribution in [3.8, 4) is 0 Å². The van der Waals surface area contributed by atoms with Gasteiger partial charge in [-0.05, 0) is 35.7 Å². The molecule has 2 aromatic rings. The molecule has 1 aliphatic rings. The number of rotatable bonds is 3. The number of benzene rings is 2. The van der Waals surface area contributed by atoms with Crippen molar-refractivity contribution in [1.82, 2.24) is 0 Å². The minimum atomic E-state index is 0.0632. The molecule has 0 unspecified atom stereocenters. The van der Waals surface area contributed by atoms with Gasteiger partial charge in [-0.2, -0.15) is 0 Å². The highest BCUT2D eigenvalue weighted by atomic mass is 16.1. The van der Waals surface area contributed by atoms with Crippen molar-refractivity contribution >= 4 is 23.0 Å². The molecule has 1 amide bonds. The van der Waals surface area contributed by atoms with Gasteiger partial charge in [-0.25, -0.2) is 0 Å². The lowest BCUT2D eigenvalue weighted by atomic mass is 10.1. The second-order valence-corrected chi connectivity index (χ2v) is 5.11. The van der Waals surface area contributed by atoms with Crippen molar-refractivity contribution < 1.29 is 4.79 Å². The number of nitrogen functional groups attached to an aromatic ring is 1. The fourth-order valence-corrected chi connectivity index (χ4v) is 2.51. The SMILES string of the molecule is Cc1cccc(N)c1NCc1ccc2c(c1)CC(=O)N2. The van der Waals surface area contributed by atoms with E-state index < -0.39 is 0 Å². The van der Waals surface area contributed by atoms with Crippen LogP contribution in [0, 0.1) is 6.92 Å². The lowest BCUT2D eigenvalue weighted by Gasteiger charge is -2.12. The Morgan fingerprint density at radius 1 is 1.30 bits per heavy atom. The molecule has 0 radical (unpaired) electrons. The highest BCUT2D eigenvalue weighted by Gasteiger charge is 2.17. The second kappa shape index (κ2) is 4.89. The van der Waals surface area contributed by atoms with Gasteiger partial charge in [-0.3, -0.25) is 4.79 Å². The van der Waals surface area contributed by atoms with E-state index in [0.29, 0.717) is 13.0 Å². The van der Waals surface area contributed by atoms with E-state index in [0.717, 1.165) is 33.8 Å². The molecular formula is C16H17N3O. The smallest absolute Gasteiger partial charge is 0.228 e. The Balaban J connectivity index is 1.76. The maximum absolute atomic E-state index is 11.3. The summed E-state index contributed by atoms with van der Waals surface area (Å²) in [7, 11) is 0. The first kappa shape index (κ1) is 12.5. The molecule has 20 heavy (non-hydrogen) atoms. The van der Waals surface area contributed by atoms with E-state index in [2.05, 4.69) is 16.7 Å². The van der Waals surface area contributed by atoms with Crippen molar-refractivity contribution in [1.29, 1.82) is 0 Å². The third kappa shape index (κ3) is 2.32. The monoisotopic (exact) mass is 267 g/mol. The van der Waals surface area contributed by atoms with Gasteiger partial charge in [0.2, 0.25) is 5.91 Å². The first-order valence-corrected chi connectivity index (χ1v) is 6.64. The zero-order chi connectivity index (χ0) is 14.1. The Bertz CT molecular complexity index is 659. The molecule has 2 aromatic carbocycles. The first-order chi connectivity index (χ1) is 9.63. The molecular weight excluding hydrogens is 250 g/mol. The number of hydrogen-bond acceptors (Lipinski definition) is 3. The fourth-order valence-electron chi connectivity index (χ4n) is 2.51. The molecule has 0 atom stereocenters. The molecule has 4 nitrogen and oxygen atoms in total. The molecule has 0 spiro atoms. The van der Waals surface area contributed by atoms with Crippen LogP contribution in [0.5, 0.6) is 0 Å². The normalized spacial score (nSPS) is 12.9. The number of nitrogens with one attached hydrogen (secondary N) is 2. The summed E-state index contributed by atoms with van der Waals surface area (Å²) < 4.78 is 0. The van der Waals surface area contributed by atoms with Gasteiger partial charge in [0.1, 0.15) is 0 Å². The Morgan fingerprint density at radius 2 is 2.15 bits per heavy atom. The maximum atomic E-state index is 11.3. The average molecular weight is 267 g/mol. The summed E-state index contributed by atoms with van der Waals surface area (Å²) in [5, 5.41) is 6.21. The van der Waals surface area contributed by atoms with Crippen LogP contribution < -0.4 is 16.4 Å². The van der Waals surface area contributed by atoms with Gasteiger partial charge in [0.05, 0.1) is 17.8 Å². The summed E-state index contributed by atoms with van der Waals surface area (Å²) >= 11 is 0. The number of amides is 1. The van der Waals surface area contributed by atoms with Gasteiger partial charge < -0.3 is 16.4 Å². The number of carbonyl (C=O) groups is 1. The second-order valence-electron chi connectivity index (χ2n) is 5.11. The molecule has 1 heterocycles. The van der Waals surface area contributed by atoms with Crippen molar-refractivity contribution in [2.24, 2.45) is 0 Å². The standard InChI is InChI=1S/C16H17N3O/c1-10-3-2-4-13(17)16(10)18-9-11-5-6-14-12(7-11)8-15(20)19-14/h2-7,18H,8-9,17H2,1H3,(H,19,20). The summed E-state index contributed by atoms with van der Waals surface area (Å²) in [6.07, 6.45) is 0.468. The van der Waals surface area contributed by atoms with E-state index in [-0.39, 0.29) is 5.91 Å². The molecule has 1 aliphatic heterocycles. The number of hydrogen-bond donors (Lipinski definition) is 3. The van der Waals surface area contributed by atoms with Crippen LogP contribution in [0.3, 0.4) is 0 Å². The summed E-state index contributed by atoms with van der Waals surface area (Å²) in [5.74, 6) is 0.0632. The molecule has 4 N–H and O–H groups in total. The van der Waals surface area contributed by atoms with E-state index in [1.165, 1.54) is 0 Å². The highest BCUT2D eigenvalue weighted by molar-refractivity contribution is 5.99. The van der Waals surface area contributed by atoms with Crippen LogP contribution in [-0.2, 0) is 17.8 Å². The van der Waals surface area contributed by atoms with Crippen LogP contribution >= 0.6 is 0 Å². The maximum Gasteiger partial charge on any atom is 0.228 e. The number of aryl methyl sites for hydroxylation is 1. The highest BCUT2D eigenvalue weighted by Crippen LogP contribution is 2.26. The molecule has 0 saturated carbocycles. The van der Waals surface area contributed by atoms with E-state index in [1.807, 2.05) is 37.3 Å². The van der Waals surface area contributed by atoms with Gasteiger partial charge >= 0.3 is 0 Å². The Kier molecular flexibility index (Phi) is 3.06. The van der Waals surface area contributed by atoms with Crippen LogP contribution in [0.1, 0.15) is 16.7 Å². The lowest BCUT2D eigenvalue weighted by molar-refractivity contribution is -0.115. The van der Waals surface area contributed by atoms with Crippen LogP contribution in [0.4, 0.5) is 17.1 Å². The topological polar surface area (TPSA) is 67.1 Å². The first-order valence-electron chi connectivity index (χ1n) is 6.64. The van der Waals surface area contributed by atoms with E-state index in [4.69, 9.17) is 5.73 Å². The Morgan fingerprint density at radius 3 is 2.95 bits per heavy atom. The van der Waals surface area contributed by atoms with Gasteiger partial charge in [-0.15, -0.1) is 0 Å². The Hall–Kier alpha value is -2.49. The van der Waals surface area contributed by atoms with Gasteiger partial charge in [0, 0.05) is 12.2 Å². The van der Waals surface area contributed by atoms with E-state index >= 15 is 0 Å². The van der Waals surface area contributed by atoms with Crippen molar-refractivity contribution in [2.45, 2.75) is 19.9 Å². The fraction of sp³-hybridized carbons (Fsp3) is 0.188. The number of anilines is 3. The average Bonchev–Trinajstić information content (AvgIpc) is 2.77. The number of nitrogens with two attached hydrogens (primary N) is 1. The molecule has 0 saturated heterocycles. The van der Waals surface area contributed by atoms with Crippen LogP contribution in [0.2, 0.25) is 0 Å². The zero-order valence-corrected chi connectivity index (χ0v) is 11.4. The minimum absolute atomic E-state index is 0.0632. The molecule has 0 bridgehead atoms. The molecule has 4 heteroatoms. The number of para-hydroxylation sites is 1. The molecule has 3 rings (SSSR count). The lowest BCUT2D eigenvalue weighted by Crippen LogP contribution is -2.04. The van der Waals surface area contributed by atoms with E-state index in [9.17, 15) is 4.79 Å². The predicted molar refractivity (Wildman–Crippen MR) is 81.7 cm³/mol. The summed E-state index contributed by atoms with van der Waals surface area (Å²) in [6, 6.07) is 11.9. The van der Waals surface area contributed by atoms with Crippen LogP contribution in [0.15, 0.2) is 36.4 Å².